The number of methoxy groups -OCH3 is 1. The summed E-state index contributed by atoms with van der Waals surface area (Å²) in [6, 6.07) is 7.09. The molecule has 5 nitrogen and oxygen atoms in total. The van der Waals surface area contributed by atoms with E-state index in [-0.39, 0.29) is 4.90 Å². The van der Waals surface area contributed by atoms with E-state index < -0.39 is 10.0 Å². The molecule has 1 aromatic heterocycles. The summed E-state index contributed by atoms with van der Waals surface area (Å²) in [5.74, 6) is 0. The second kappa shape index (κ2) is 6.30. The number of aromatic nitrogens is 1. The standard InChI is InChI=1S/C14H18N2O3S/c1-11-9-12-5-3-6-13(14(12)15-10-11)20(17,18)16-7-4-8-19-2/h3,5-6,9-10,16H,4,7-8H2,1-2H3. The zero-order chi connectivity index (χ0) is 14.6. The van der Waals surface area contributed by atoms with Crippen LogP contribution in [0.1, 0.15) is 12.0 Å². The minimum atomic E-state index is -3.55. The van der Waals surface area contributed by atoms with E-state index in [4.69, 9.17) is 4.74 Å². The van der Waals surface area contributed by atoms with Gasteiger partial charge in [0.2, 0.25) is 10.0 Å². The summed E-state index contributed by atoms with van der Waals surface area (Å²) in [5, 5.41) is 0.824. The van der Waals surface area contributed by atoms with Gasteiger partial charge in [-0.3, -0.25) is 4.98 Å². The Kier molecular flexibility index (Phi) is 4.69. The van der Waals surface area contributed by atoms with Gasteiger partial charge in [-0.15, -0.1) is 0 Å². The smallest absolute Gasteiger partial charge is 0.242 e. The lowest BCUT2D eigenvalue weighted by atomic mass is 10.2. The van der Waals surface area contributed by atoms with Crippen molar-refractivity contribution in [3.8, 4) is 0 Å². The van der Waals surface area contributed by atoms with Crippen LogP contribution in [0.2, 0.25) is 0 Å². The van der Waals surface area contributed by atoms with Gasteiger partial charge in [0, 0.05) is 31.8 Å². The van der Waals surface area contributed by atoms with Crippen LogP contribution >= 0.6 is 0 Å². The number of pyridine rings is 1. The zero-order valence-corrected chi connectivity index (χ0v) is 12.4. The van der Waals surface area contributed by atoms with Crippen molar-refractivity contribution >= 4 is 20.9 Å². The average molecular weight is 294 g/mol. The summed E-state index contributed by atoms with van der Waals surface area (Å²) in [5.41, 5.74) is 1.50. The summed E-state index contributed by atoms with van der Waals surface area (Å²) in [6.07, 6.45) is 2.30. The van der Waals surface area contributed by atoms with E-state index in [1.165, 1.54) is 0 Å². The lowest BCUT2D eigenvalue weighted by Crippen LogP contribution is -2.25. The lowest BCUT2D eigenvalue weighted by molar-refractivity contribution is 0.196. The molecule has 1 heterocycles. The second-order valence-electron chi connectivity index (χ2n) is 4.58. The number of benzene rings is 1. The van der Waals surface area contributed by atoms with E-state index in [1.807, 2.05) is 19.1 Å². The molecule has 2 rings (SSSR count). The molecule has 2 aromatic rings. The van der Waals surface area contributed by atoms with Crippen LogP contribution < -0.4 is 4.72 Å². The van der Waals surface area contributed by atoms with Gasteiger partial charge in [-0.1, -0.05) is 12.1 Å². The van der Waals surface area contributed by atoms with Gasteiger partial charge >= 0.3 is 0 Å². The predicted molar refractivity (Wildman–Crippen MR) is 78.2 cm³/mol. The maximum Gasteiger partial charge on any atom is 0.242 e. The summed E-state index contributed by atoms with van der Waals surface area (Å²) < 4.78 is 32.1. The Balaban J connectivity index is 2.32. The van der Waals surface area contributed by atoms with Gasteiger partial charge < -0.3 is 4.74 Å². The number of fused-ring (bicyclic) bond motifs is 1. The van der Waals surface area contributed by atoms with Crippen molar-refractivity contribution in [2.75, 3.05) is 20.3 Å². The number of nitrogens with one attached hydrogen (secondary N) is 1. The van der Waals surface area contributed by atoms with Crippen LogP contribution in [0.5, 0.6) is 0 Å². The van der Waals surface area contributed by atoms with Gasteiger partial charge in [0.25, 0.3) is 0 Å². The van der Waals surface area contributed by atoms with Crippen molar-refractivity contribution in [1.82, 2.24) is 9.71 Å². The minimum absolute atomic E-state index is 0.215. The first-order valence-corrected chi connectivity index (χ1v) is 7.87. The summed E-state index contributed by atoms with van der Waals surface area (Å²) in [6.45, 7) is 2.80. The van der Waals surface area contributed by atoms with Crippen molar-refractivity contribution in [1.29, 1.82) is 0 Å². The van der Waals surface area contributed by atoms with Gasteiger partial charge in [0.15, 0.2) is 0 Å². The molecule has 0 aliphatic heterocycles. The molecule has 0 unspecified atom stereocenters. The Bertz CT molecular complexity index is 699. The number of hydrogen-bond acceptors (Lipinski definition) is 4. The number of hydrogen-bond donors (Lipinski definition) is 1. The highest BCUT2D eigenvalue weighted by molar-refractivity contribution is 7.89. The average Bonchev–Trinajstić information content (AvgIpc) is 2.42. The fourth-order valence-electron chi connectivity index (χ4n) is 1.96. The van der Waals surface area contributed by atoms with Crippen LogP contribution in [0, 0.1) is 6.92 Å². The van der Waals surface area contributed by atoms with Gasteiger partial charge in [0.05, 0.1) is 5.52 Å². The minimum Gasteiger partial charge on any atom is -0.385 e. The fourth-order valence-corrected chi connectivity index (χ4v) is 3.21. The van der Waals surface area contributed by atoms with Gasteiger partial charge in [-0.2, -0.15) is 0 Å². The van der Waals surface area contributed by atoms with E-state index >= 15 is 0 Å². The fraction of sp³-hybridized carbons (Fsp3) is 0.357. The molecule has 0 saturated carbocycles. The first-order valence-electron chi connectivity index (χ1n) is 6.38. The molecule has 0 saturated heterocycles. The number of sulfonamides is 1. The Morgan fingerprint density at radius 1 is 1.35 bits per heavy atom. The largest absolute Gasteiger partial charge is 0.385 e. The van der Waals surface area contributed by atoms with Crippen LogP contribution in [0.25, 0.3) is 10.9 Å². The van der Waals surface area contributed by atoms with Crippen molar-refractivity contribution in [2.24, 2.45) is 0 Å². The number of rotatable bonds is 6. The van der Waals surface area contributed by atoms with Crippen LogP contribution in [0.4, 0.5) is 0 Å². The van der Waals surface area contributed by atoms with Crippen LogP contribution in [0.15, 0.2) is 35.4 Å². The third kappa shape index (κ3) is 3.33. The molecule has 0 atom stereocenters. The molecule has 0 aliphatic carbocycles. The van der Waals surface area contributed by atoms with Crippen LogP contribution in [-0.2, 0) is 14.8 Å². The third-order valence-electron chi connectivity index (χ3n) is 2.92. The van der Waals surface area contributed by atoms with Gasteiger partial charge in [0.1, 0.15) is 4.90 Å². The third-order valence-corrected chi connectivity index (χ3v) is 4.41. The number of para-hydroxylation sites is 1. The number of ether oxygens (including phenoxy) is 1. The summed E-state index contributed by atoms with van der Waals surface area (Å²) in [7, 11) is -1.96. The van der Waals surface area contributed by atoms with Crippen molar-refractivity contribution in [2.45, 2.75) is 18.2 Å². The molecular formula is C14H18N2O3S. The Labute approximate surface area is 119 Å². The molecule has 6 heteroatoms. The summed E-state index contributed by atoms with van der Waals surface area (Å²) in [4.78, 5) is 4.46. The van der Waals surface area contributed by atoms with Crippen molar-refractivity contribution in [3.63, 3.8) is 0 Å². The first-order chi connectivity index (χ1) is 9.54. The molecule has 0 bridgehead atoms. The maximum absolute atomic E-state index is 12.3. The highest BCUT2D eigenvalue weighted by atomic mass is 32.2. The molecule has 108 valence electrons. The molecule has 1 aromatic carbocycles. The Morgan fingerprint density at radius 2 is 2.15 bits per heavy atom. The van der Waals surface area contributed by atoms with Crippen LogP contribution in [-0.4, -0.2) is 33.7 Å². The van der Waals surface area contributed by atoms with Crippen LogP contribution in [0.3, 0.4) is 0 Å². The monoisotopic (exact) mass is 294 g/mol. The van der Waals surface area contributed by atoms with E-state index in [0.29, 0.717) is 25.1 Å². The molecule has 0 radical (unpaired) electrons. The van der Waals surface area contributed by atoms with E-state index in [9.17, 15) is 8.42 Å². The van der Waals surface area contributed by atoms with Crippen molar-refractivity contribution < 1.29 is 13.2 Å². The molecule has 0 fully saturated rings. The maximum atomic E-state index is 12.3. The van der Waals surface area contributed by atoms with Crippen molar-refractivity contribution in [3.05, 3.63) is 36.0 Å². The molecule has 0 aliphatic rings. The molecule has 1 N–H and O–H groups in total. The molecule has 0 spiro atoms. The highest BCUT2D eigenvalue weighted by Crippen LogP contribution is 2.21. The lowest BCUT2D eigenvalue weighted by Gasteiger charge is -2.09. The quantitative estimate of drug-likeness (QED) is 0.826. The second-order valence-corrected chi connectivity index (χ2v) is 6.32. The number of aryl methyl sites for hydroxylation is 1. The Morgan fingerprint density at radius 3 is 2.90 bits per heavy atom. The van der Waals surface area contributed by atoms with E-state index in [0.717, 1.165) is 10.9 Å². The zero-order valence-electron chi connectivity index (χ0n) is 11.6. The highest BCUT2D eigenvalue weighted by Gasteiger charge is 2.17. The van der Waals surface area contributed by atoms with E-state index in [2.05, 4.69) is 9.71 Å². The topological polar surface area (TPSA) is 68.3 Å². The Hall–Kier alpha value is -1.50. The molecular weight excluding hydrogens is 276 g/mol. The first kappa shape index (κ1) is 14.9. The van der Waals surface area contributed by atoms with Gasteiger partial charge in [-0.05, 0) is 31.0 Å². The molecule has 0 amide bonds. The van der Waals surface area contributed by atoms with E-state index in [1.54, 1.807) is 25.4 Å². The SMILES string of the molecule is COCCCNS(=O)(=O)c1cccc2cc(C)cnc12. The predicted octanol–water partition coefficient (Wildman–Crippen LogP) is 1.86. The van der Waals surface area contributed by atoms with Gasteiger partial charge in [-0.25, -0.2) is 13.1 Å². The molecule has 20 heavy (non-hydrogen) atoms. The summed E-state index contributed by atoms with van der Waals surface area (Å²) >= 11 is 0. The normalized spacial score (nSPS) is 11.9. The number of nitrogens with zero attached hydrogens (tertiary/aromatic N) is 1.